The zero-order valence-electron chi connectivity index (χ0n) is 15.6. The first-order valence-electron chi connectivity index (χ1n) is 8.97. The van der Waals surface area contributed by atoms with Gasteiger partial charge in [-0.05, 0) is 25.7 Å². The molecule has 0 saturated heterocycles. The van der Waals surface area contributed by atoms with Gasteiger partial charge < -0.3 is 19.6 Å². The van der Waals surface area contributed by atoms with Gasteiger partial charge in [-0.2, -0.15) is 0 Å². The number of likely N-dealkylation sites (N-methyl/N-ethyl adjacent to an activating group) is 1. The summed E-state index contributed by atoms with van der Waals surface area (Å²) in [4.78, 5) is 28.6. The molecule has 7 heteroatoms. The molecule has 27 heavy (non-hydrogen) atoms. The first kappa shape index (κ1) is 18.8. The van der Waals surface area contributed by atoms with Gasteiger partial charge in [-0.15, -0.1) is 0 Å². The average molecular weight is 368 g/mol. The number of rotatable bonds is 6. The van der Waals surface area contributed by atoms with Crippen molar-refractivity contribution in [3.05, 3.63) is 59.0 Å². The van der Waals surface area contributed by atoms with Crippen LogP contribution in [-0.2, 0) is 17.8 Å². The molecule has 2 amide bonds. The van der Waals surface area contributed by atoms with Crippen molar-refractivity contribution in [2.24, 2.45) is 0 Å². The molecule has 0 bridgehead atoms. The average Bonchev–Trinajstić information content (AvgIpc) is 3.10. The molecule has 7 nitrogen and oxygen atoms in total. The molecule has 0 saturated carbocycles. The van der Waals surface area contributed by atoms with Gasteiger partial charge in [0.15, 0.2) is 5.69 Å². The third-order valence-electron chi connectivity index (χ3n) is 4.42. The highest BCUT2D eigenvalue weighted by molar-refractivity contribution is 5.95. The quantitative estimate of drug-likeness (QED) is 0.783. The van der Waals surface area contributed by atoms with Gasteiger partial charge in [-0.1, -0.05) is 35.5 Å². The molecule has 0 aliphatic carbocycles. The van der Waals surface area contributed by atoms with Crippen LogP contribution in [0.4, 0.5) is 0 Å². The maximum Gasteiger partial charge on any atom is 0.273 e. The van der Waals surface area contributed by atoms with Gasteiger partial charge in [-0.3, -0.25) is 9.59 Å². The Labute approximate surface area is 158 Å². The minimum absolute atomic E-state index is 0.0929. The molecule has 2 aromatic rings. The molecule has 1 aromatic heterocycles. The molecule has 1 aliphatic rings. The van der Waals surface area contributed by atoms with E-state index in [0.29, 0.717) is 37.4 Å². The molecule has 0 spiro atoms. The van der Waals surface area contributed by atoms with Crippen LogP contribution in [0.2, 0.25) is 0 Å². The highest BCUT2D eigenvalue weighted by Crippen LogP contribution is 2.22. The second-order valence-electron chi connectivity index (χ2n) is 6.75. The van der Waals surface area contributed by atoms with Gasteiger partial charge >= 0.3 is 0 Å². The van der Waals surface area contributed by atoms with Crippen LogP contribution in [0, 0.1) is 0 Å². The number of aromatic nitrogens is 1. The third-order valence-corrected chi connectivity index (χ3v) is 4.42. The number of fused-ring (bicyclic) bond motifs is 1. The second-order valence-corrected chi connectivity index (χ2v) is 6.75. The number of carbonyl (C=O) groups excluding carboxylic acids is 2. The molecule has 2 heterocycles. The molecular weight excluding hydrogens is 344 g/mol. The molecule has 142 valence electrons. The lowest BCUT2D eigenvalue weighted by molar-refractivity contribution is -0.126. The minimum Gasteiger partial charge on any atom is -0.360 e. The summed E-state index contributed by atoms with van der Waals surface area (Å²) in [5, 5.41) is 6.76. The molecule has 3 rings (SSSR count). The Morgan fingerprint density at radius 3 is 2.81 bits per heavy atom. The third kappa shape index (κ3) is 4.83. The van der Waals surface area contributed by atoms with Crippen molar-refractivity contribution in [3.8, 4) is 0 Å². The van der Waals surface area contributed by atoms with Gasteiger partial charge in [0.2, 0.25) is 5.91 Å². The van der Waals surface area contributed by atoms with Crippen LogP contribution in [0.1, 0.15) is 27.4 Å². The summed E-state index contributed by atoms with van der Waals surface area (Å²) < 4.78 is 5.32. The zero-order chi connectivity index (χ0) is 19.2. The van der Waals surface area contributed by atoms with E-state index in [4.69, 9.17) is 4.52 Å². The summed E-state index contributed by atoms with van der Waals surface area (Å²) in [5.41, 5.74) is 1.94. The van der Waals surface area contributed by atoms with Gasteiger partial charge in [0.1, 0.15) is 5.76 Å². The standard InChI is InChI=1S/C20H24N4O3/c1-23(2)13-11-21-20(26)19-16-14-24(12-10-17(16)27-22-19)18(25)9-8-15-6-4-3-5-7-15/h3-9H,10-14H2,1-2H3,(H,21,26)/b9-8+. The Balaban J connectivity index is 1.65. The highest BCUT2D eigenvalue weighted by atomic mass is 16.5. The summed E-state index contributed by atoms with van der Waals surface area (Å²) in [6.45, 7) is 2.13. The predicted molar refractivity (Wildman–Crippen MR) is 102 cm³/mol. The fourth-order valence-corrected chi connectivity index (χ4v) is 2.89. The number of hydrogen-bond donors (Lipinski definition) is 1. The largest absolute Gasteiger partial charge is 0.360 e. The van der Waals surface area contributed by atoms with Gasteiger partial charge in [0, 0.05) is 37.7 Å². The van der Waals surface area contributed by atoms with Crippen LogP contribution in [0.5, 0.6) is 0 Å². The van der Waals surface area contributed by atoms with E-state index >= 15 is 0 Å². The van der Waals surface area contributed by atoms with Crippen molar-refractivity contribution in [1.29, 1.82) is 0 Å². The van der Waals surface area contributed by atoms with Crippen molar-refractivity contribution < 1.29 is 14.1 Å². The Morgan fingerprint density at radius 2 is 2.07 bits per heavy atom. The van der Waals surface area contributed by atoms with E-state index in [-0.39, 0.29) is 17.5 Å². The summed E-state index contributed by atoms with van der Waals surface area (Å²) in [7, 11) is 3.88. The molecule has 1 N–H and O–H groups in total. The van der Waals surface area contributed by atoms with Crippen LogP contribution >= 0.6 is 0 Å². The lowest BCUT2D eigenvalue weighted by Gasteiger charge is -2.25. The molecule has 1 aliphatic heterocycles. The Bertz CT molecular complexity index is 827. The molecule has 1 aromatic carbocycles. The number of amides is 2. The van der Waals surface area contributed by atoms with Crippen molar-refractivity contribution in [3.63, 3.8) is 0 Å². The van der Waals surface area contributed by atoms with E-state index in [1.54, 1.807) is 17.1 Å². The van der Waals surface area contributed by atoms with Crippen molar-refractivity contribution in [2.45, 2.75) is 13.0 Å². The lowest BCUT2D eigenvalue weighted by atomic mass is 10.1. The topological polar surface area (TPSA) is 78.7 Å². The monoisotopic (exact) mass is 368 g/mol. The molecule has 0 fully saturated rings. The maximum absolute atomic E-state index is 12.5. The summed E-state index contributed by atoms with van der Waals surface area (Å²) in [6, 6.07) is 9.66. The molecule has 0 atom stereocenters. The molecule has 0 radical (unpaired) electrons. The number of hydrogen-bond acceptors (Lipinski definition) is 5. The van der Waals surface area contributed by atoms with Crippen LogP contribution < -0.4 is 5.32 Å². The van der Waals surface area contributed by atoms with Gasteiger partial charge in [0.25, 0.3) is 5.91 Å². The smallest absolute Gasteiger partial charge is 0.273 e. The Hall–Kier alpha value is -2.93. The first-order chi connectivity index (χ1) is 13.0. The fraction of sp³-hybridized carbons (Fsp3) is 0.350. The maximum atomic E-state index is 12.5. The van der Waals surface area contributed by atoms with Crippen molar-refractivity contribution in [2.75, 3.05) is 33.7 Å². The molecular formula is C20H24N4O3. The van der Waals surface area contributed by atoms with E-state index < -0.39 is 0 Å². The molecule has 0 unspecified atom stereocenters. The highest BCUT2D eigenvalue weighted by Gasteiger charge is 2.28. The van der Waals surface area contributed by atoms with Crippen LogP contribution in [0.3, 0.4) is 0 Å². The van der Waals surface area contributed by atoms with Crippen LogP contribution in [-0.4, -0.2) is 60.5 Å². The Kier molecular flexibility index (Phi) is 6.03. The number of benzene rings is 1. The number of nitrogens with one attached hydrogen (secondary N) is 1. The van der Waals surface area contributed by atoms with E-state index in [1.807, 2.05) is 49.3 Å². The normalized spacial score (nSPS) is 13.8. The second kappa shape index (κ2) is 8.64. The summed E-state index contributed by atoms with van der Waals surface area (Å²) >= 11 is 0. The Morgan fingerprint density at radius 1 is 1.30 bits per heavy atom. The van der Waals surface area contributed by atoms with E-state index in [2.05, 4.69) is 10.5 Å². The van der Waals surface area contributed by atoms with E-state index in [1.165, 1.54) is 0 Å². The van der Waals surface area contributed by atoms with E-state index in [9.17, 15) is 9.59 Å². The predicted octanol–water partition coefficient (Wildman–Crippen LogP) is 1.56. The number of nitrogens with zero attached hydrogens (tertiary/aromatic N) is 3. The fourth-order valence-electron chi connectivity index (χ4n) is 2.89. The lowest BCUT2D eigenvalue weighted by Crippen LogP contribution is -2.36. The number of carbonyl (C=O) groups is 2. The van der Waals surface area contributed by atoms with E-state index in [0.717, 1.165) is 12.1 Å². The minimum atomic E-state index is -0.268. The van der Waals surface area contributed by atoms with Gasteiger partial charge in [0.05, 0.1) is 6.54 Å². The van der Waals surface area contributed by atoms with Crippen molar-refractivity contribution >= 4 is 17.9 Å². The SMILES string of the molecule is CN(C)CCNC(=O)c1noc2c1CN(C(=O)/C=C/c1ccccc1)CC2. The van der Waals surface area contributed by atoms with Crippen molar-refractivity contribution in [1.82, 2.24) is 20.3 Å². The van der Waals surface area contributed by atoms with Gasteiger partial charge in [-0.25, -0.2) is 0 Å². The zero-order valence-corrected chi connectivity index (χ0v) is 15.6. The first-order valence-corrected chi connectivity index (χ1v) is 8.97. The van der Waals surface area contributed by atoms with Crippen LogP contribution in [0.15, 0.2) is 40.9 Å². The van der Waals surface area contributed by atoms with Crippen LogP contribution in [0.25, 0.3) is 6.08 Å². The summed E-state index contributed by atoms with van der Waals surface area (Å²) in [6.07, 6.45) is 3.91. The summed E-state index contributed by atoms with van der Waals surface area (Å²) in [5.74, 6) is 0.324.